The quantitative estimate of drug-likeness (QED) is 0.438. The van der Waals surface area contributed by atoms with Gasteiger partial charge in [0.1, 0.15) is 5.52 Å². The van der Waals surface area contributed by atoms with Crippen LogP contribution in [0.15, 0.2) is 65.1 Å². The molecule has 4 aromatic rings. The highest BCUT2D eigenvalue weighted by Gasteiger charge is 2.14. The second-order valence-corrected chi connectivity index (χ2v) is 6.94. The van der Waals surface area contributed by atoms with Crippen molar-refractivity contribution >= 4 is 45.9 Å². The van der Waals surface area contributed by atoms with E-state index < -0.39 is 0 Å². The number of carbonyl (C=O) groups excluding carboxylic acids is 1. The summed E-state index contributed by atoms with van der Waals surface area (Å²) in [7, 11) is 0. The molecule has 1 N–H and O–H groups in total. The van der Waals surface area contributed by atoms with Crippen molar-refractivity contribution in [3.05, 3.63) is 81.8 Å². The zero-order valence-corrected chi connectivity index (χ0v) is 15.8. The van der Waals surface area contributed by atoms with Crippen LogP contribution >= 0.6 is 23.2 Å². The number of nitrogens with one attached hydrogen (secondary N) is 1. The van der Waals surface area contributed by atoms with Crippen LogP contribution in [0.5, 0.6) is 0 Å². The highest BCUT2D eigenvalue weighted by molar-refractivity contribution is 6.37. The van der Waals surface area contributed by atoms with Gasteiger partial charge in [0.25, 0.3) is 5.91 Å². The number of aryl methyl sites for hydroxylation is 1. The molecule has 0 saturated heterocycles. The Morgan fingerprint density at radius 1 is 1.04 bits per heavy atom. The summed E-state index contributed by atoms with van der Waals surface area (Å²) < 4.78 is 5.85. The Morgan fingerprint density at radius 3 is 2.63 bits per heavy atom. The van der Waals surface area contributed by atoms with E-state index in [1.807, 2.05) is 31.2 Å². The minimum atomic E-state index is -0.321. The van der Waals surface area contributed by atoms with Gasteiger partial charge < -0.3 is 9.73 Å². The van der Waals surface area contributed by atoms with Crippen LogP contribution in [0.3, 0.4) is 0 Å². The number of oxazole rings is 1. The fourth-order valence-electron chi connectivity index (χ4n) is 2.81. The molecule has 134 valence electrons. The average Bonchev–Trinajstić information content (AvgIpc) is 3.05. The molecule has 4 rings (SSSR count). The number of rotatable bonds is 3. The molecule has 0 unspecified atom stereocenters. The van der Waals surface area contributed by atoms with Gasteiger partial charge in [-0.15, -0.1) is 0 Å². The number of benzene rings is 3. The second kappa shape index (κ2) is 7.06. The molecule has 1 heterocycles. The van der Waals surface area contributed by atoms with E-state index in [4.69, 9.17) is 27.6 Å². The Labute approximate surface area is 165 Å². The number of amides is 1. The molecule has 0 aliphatic rings. The fourth-order valence-corrected chi connectivity index (χ4v) is 3.30. The van der Waals surface area contributed by atoms with E-state index >= 15 is 0 Å². The van der Waals surface area contributed by atoms with Gasteiger partial charge in [0.15, 0.2) is 5.58 Å². The van der Waals surface area contributed by atoms with Crippen LogP contribution < -0.4 is 5.32 Å². The molecular formula is C21H14Cl2N2O2. The summed E-state index contributed by atoms with van der Waals surface area (Å²) in [6, 6.07) is 17.9. The van der Waals surface area contributed by atoms with E-state index in [9.17, 15) is 4.79 Å². The maximum Gasteiger partial charge on any atom is 0.257 e. The Kier molecular flexibility index (Phi) is 4.60. The number of hydrogen-bond donors (Lipinski definition) is 1. The van der Waals surface area contributed by atoms with Gasteiger partial charge in [0, 0.05) is 16.3 Å². The van der Waals surface area contributed by atoms with Gasteiger partial charge in [-0.1, -0.05) is 41.4 Å². The minimum absolute atomic E-state index is 0.296. The predicted octanol–water partition coefficient (Wildman–Crippen LogP) is 6.36. The SMILES string of the molecule is Cc1ccccc1-c1nc2cc(NC(=O)c3ccc(Cl)cc3Cl)ccc2o1. The maximum atomic E-state index is 12.5. The molecule has 0 radical (unpaired) electrons. The van der Waals surface area contributed by atoms with E-state index in [0.717, 1.165) is 11.1 Å². The lowest BCUT2D eigenvalue weighted by Gasteiger charge is -2.06. The molecule has 0 fully saturated rings. The molecule has 1 amide bonds. The number of halogens is 2. The van der Waals surface area contributed by atoms with Crippen LogP contribution in [-0.4, -0.2) is 10.9 Å². The van der Waals surface area contributed by atoms with Crippen molar-refractivity contribution in [3.63, 3.8) is 0 Å². The summed E-state index contributed by atoms with van der Waals surface area (Å²) in [6.07, 6.45) is 0. The first-order valence-corrected chi connectivity index (χ1v) is 9.00. The van der Waals surface area contributed by atoms with Gasteiger partial charge in [-0.25, -0.2) is 4.98 Å². The number of nitrogens with zero attached hydrogens (tertiary/aromatic N) is 1. The molecule has 4 nitrogen and oxygen atoms in total. The van der Waals surface area contributed by atoms with Crippen molar-refractivity contribution in [1.29, 1.82) is 0 Å². The number of anilines is 1. The van der Waals surface area contributed by atoms with Crippen molar-refractivity contribution in [2.75, 3.05) is 5.32 Å². The van der Waals surface area contributed by atoms with Crippen molar-refractivity contribution in [1.82, 2.24) is 4.98 Å². The lowest BCUT2D eigenvalue weighted by Crippen LogP contribution is -2.12. The number of aromatic nitrogens is 1. The zero-order valence-electron chi connectivity index (χ0n) is 14.3. The molecular weight excluding hydrogens is 383 g/mol. The van der Waals surface area contributed by atoms with Gasteiger partial charge in [0.05, 0.1) is 10.6 Å². The molecule has 0 atom stereocenters. The molecule has 1 aromatic heterocycles. The summed E-state index contributed by atoms with van der Waals surface area (Å²) >= 11 is 12.0. The molecule has 0 saturated carbocycles. The van der Waals surface area contributed by atoms with Gasteiger partial charge >= 0.3 is 0 Å². The Hall–Kier alpha value is -2.82. The molecule has 0 aliphatic carbocycles. The first-order chi connectivity index (χ1) is 13.0. The normalized spacial score (nSPS) is 10.9. The van der Waals surface area contributed by atoms with Crippen molar-refractivity contribution in [3.8, 4) is 11.5 Å². The van der Waals surface area contributed by atoms with Crippen LogP contribution in [0.2, 0.25) is 10.0 Å². The Bertz CT molecular complexity index is 1170. The summed E-state index contributed by atoms with van der Waals surface area (Å²) in [5.74, 6) is 0.228. The highest BCUT2D eigenvalue weighted by Crippen LogP contribution is 2.28. The predicted molar refractivity (Wildman–Crippen MR) is 109 cm³/mol. The van der Waals surface area contributed by atoms with Crippen molar-refractivity contribution < 1.29 is 9.21 Å². The monoisotopic (exact) mass is 396 g/mol. The Balaban J connectivity index is 1.64. The molecule has 0 bridgehead atoms. The molecule has 0 aliphatic heterocycles. The molecule has 6 heteroatoms. The third kappa shape index (κ3) is 3.54. The van der Waals surface area contributed by atoms with Crippen LogP contribution in [0.25, 0.3) is 22.6 Å². The van der Waals surface area contributed by atoms with Gasteiger partial charge in [-0.2, -0.15) is 0 Å². The topological polar surface area (TPSA) is 55.1 Å². The van der Waals surface area contributed by atoms with Crippen molar-refractivity contribution in [2.45, 2.75) is 6.92 Å². The minimum Gasteiger partial charge on any atom is -0.436 e. The van der Waals surface area contributed by atoms with E-state index in [2.05, 4.69) is 10.3 Å². The number of carbonyl (C=O) groups is 1. The van der Waals surface area contributed by atoms with Gasteiger partial charge in [-0.05, 0) is 55.0 Å². The van der Waals surface area contributed by atoms with Crippen LogP contribution in [0.4, 0.5) is 5.69 Å². The largest absolute Gasteiger partial charge is 0.436 e. The summed E-state index contributed by atoms with van der Waals surface area (Å²) in [5, 5.41) is 3.59. The lowest BCUT2D eigenvalue weighted by atomic mass is 10.1. The third-order valence-corrected chi connectivity index (χ3v) is 4.74. The Morgan fingerprint density at radius 2 is 1.85 bits per heavy atom. The van der Waals surface area contributed by atoms with E-state index in [-0.39, 0.29) is 5.91 Å². The van der Waals surface area contributed by atoms with E-state index in [1.165, 1.54) is 6.07 Å². The summed E-state index contributed by atoms with van der Waals surface area (Å²) in [6.45, 7) is 2.01. The molecule has 3 aromatic carbocycles. The van der Waals surface area contributed by atoms with Gasteiger partial charge in [0.2, 0.25) is 5.89 Å². The van der Waals surface area contributed by atoms with Crippen LogP contribution in [0, 0.1) is 6.92 Å². The standard InChI is InChI=1S/C21H14Cl2N2O2/c1-12-4-2-3-5-15(12)21-25-18-11-14(7-9-19(18)27-21)24-20(26)16-8-6-13(22)10-17(16)23/h2-11H,1H3,(H,24,26). The second-order valence-electron chi connectivity index (χ2n) is 6.09. The van der Waals surface area contributed by atoms with Crippen LogP contribution in [-0.2, 0) is 0 Å². The summed E-state index contributed by atoms with van der Waals surface area (Å²) in [5.41, 5.74) is 4.27. The number of fused-ring (bicyclic) bond motifs is 1. The first kappa shape index (κ1) is 17.6. The first-order valence-electron chi connectivity index (χ1n) is 8.24. The van der Waals surface area contributed by atoms with E-state index in [0.29, 0.717) is 38.3 Å². The zero-order chi connectivity index (χ0) is 19.0. The van der Waals surface area contributed by atoms with Gasteiger partial charge in [-0.3, -0.25) is 4.79 Å². The lowest BCUT2D eigenvalue weighted by molar-refractivity contribution is 0.102. The van der Waals surface area contributed by atoms with E-state index in [1.54, 1.807) is 30.3 Å². The van der Waals surface area contributed by atoms with Crippen LogP contribution in [0.1, 0.15) is 15.9 Å². The third-order valence-electron chi connectivity index (χ3n) is 4.20. The number of hydrogen-bond acceptors (Lipinski definition) is 3. The van der Waals surface area contributed by atoms with Crippen molar-refractivity contribution in [2.24, 2.45) is 0 Å². The molecule has 27 heavy (non-hydrogen) atoms. The maximum absolute atomic E-state index is 12.5. The fraction of sp³-hybridized carbons (Fsp3) is 0.0476. The molecule has 0 spiro atoms. The highest BCUT2D eigenvalue weighted by atomic mass is 35.5. The smallest absolute Gasteiger partial charge is 0.257 e. The average molecular weight is 397 g/mol. The summed E-state index contributed by atoms with van der Waals surface area (Å²) in [4.78, 5) is 17.0.